The van der Waals surface area contributed by atoms with Crippen LogP contribution < -0.4 is 0 Å². The number of hydrogen-bond donors (Lipinski definition) is 0. The minimum atomic E-state index is -0.608. The maximum atomic E-state index is 9.44. The fraction of sp³-hybridized carbons (Fsp3) is 0.368. The topological polar surface area (TPSA) is 73.4 Å². The van der Waals surface area contributed by atoms with Crippen LogP contribution in [0.25, 0.3) is 0 Å². The van der Waals surface area contributed by atoms with Gasteiger partial charge in [-0.2, -0.15) is 10.5 Å². The number of aromatic nitrogens is 2. The van der Waals surface area contributed by atoms with Crippen LogP contribution in [0.1, 0.15) is 49.9 Å². The number of nitrogens with zero attached hydrogens (tertiary/aromatic N) is 4. The zero-order chi connectivity index (χ0) is 17.1. The second-order valence-electron chi connectivity index (χ2n) is 6.82. The average Bonchev–Trinajstić information content (AvgIpc) is 2.55. The van der Waals surface area contributed by atoms with Gasteiger partial charge in [0.2, 0.25) is 0 Å². The Balaban J connectivity index is 2.55. The van der Waals surface area contributed by atoms with Crippen LogP contribution in [0, 0.1) is 22.7 Å². The largest absolute Gasteiger partial charge is 0.245 e. The van der Waals surface area contributed by atoms with E-state index in [2.05, 4.69) is 22.1 Å². The lowest BCUT2D eigenvalue weighted by Gasteiger charge is -2.23. The van der Waals surface area contributed by atoms with Crippen molar-refractivity contribution in [2.75, 3.05) is 0 Å². The van der Waals surface area contributed by atoms with E-state index in [0.717, 1.165) is 22.3 Å². The number of rotatable bonds is 4. The van der Waals surface area contributed by atoms with Crippen LogP contribution in [-0.4, -0.2) is 9.97 Å². The fourth-order valence-corrected chi connectivity index (χ4v) is 2.30. The molecule has 0 aliphatic rings. The molecular weight excluding hydrogens is 284 g/mol. The van der Waals surface area contributed by atoms with Crippen molar-refractivity contribution in [3.05, 3.63) is 59.2 Å². The third kappa shape index (κ3) is 3.73. The second kappa shape index (κ2) is 6.18. The van der Waals surface area contributed by atoms with Crippen LogP contribution in [0.4, 0.5) is 0 Å². The molecule has 0 unspecified atom stereocenters. The summed E-state index contributed by atoms with van der Waals surface area (Å²) < 4.78 is 0. The summed E-state index contributed by atoms with van der Waals surface area (Å²) in [6.45, 7) is 7.56. The van der Waals surface area contributed by atoms with Crippen molar-refractivity contribution in [3.8, 4) is 12.1 Å². The van der Waals surface area contributed by atoms with Crippen LogP contribution in [0.2, 0.25) is 0 Å². The summed E-state index contributed by atoms with van der Waals surface area (Å²) >= 11 is 0. The lowest BCUT2D eigenvalue weighted by atomic mass is 9.78. The van der Waals surface area contributed by atoms with Crippen molar-refractivity contribution in [2.24, 2.45) is 0 Å². The molecule has 0 fully saturated rings. The highest BCUT2D eigenvalue weighted by atomic mass is 14.8. The zero-order valence-corrected chi connectivity index (χ0v) is 14.0. The molecule has 4 heteroatoms. The normalized spacial score (nSPS) is 11.6. The number of nitriles is 2. The zero-order valence-electron chi connectivity index (χ0n) is 14.0. The van der Waals surface area contributed by atoms with Gasteiger partial charge in [-0.05, 0) is 49.9 Å². The summed E-state index contributed by atoms with van der Waals surface area (Å²) in [7, 11) is 0. The molecule has 0 bridgehead atoms. The van der Waals surface area contributed by atoms with Gasteiger partial charge in [0.15, 0.2) is 0 Å². The molecule has 23 heavy (non-hydrogen) atoms. The molecule has 0 saturated carbocycles. The Morgan fingerprint density at radius 1 is 0.826 bits per heavy atom. The van der Waals surface area contributed by atoms with E-state index in [0.29, 0.717) is 6.42 Å². The van der Waals surface area contributed by atoms with E-state index in [9.17, 15) is 10.5 Å². The second-order valence-corrected chi connectivity index (χ2v) is 6.82. The predicted octanol–water partition coefficient (Wildman–Crippen LogP) is 3.67. The van der Waals surface area contributed by atoms with E-state index in [1.54, 1.807) is 12.4 Å². The summed E-state index contributed by atoms with van der Waals surface area (Å²) in [4.78, 5) is 8.08. The van der Waals surface area contributed by atoms with E-state index in [1.807, 2.05) is 45.9 Å². The first kappa shape index (κ1) is 16.6. The molecule has 2 rings (SSSR count). The molecular formula is C19H20N4. The molecule has 0 aliphatic carbocycles. The molecule has 1 aromatic heterocycles. The van der Waals surface area contributed by atoms with Gasteiger partial charge in [0.1, 0.15) is 6.33 Å². The molecule has 0 radical (unpaired) electrons. The molecule has 2 aromatic rings. The van der Waals surface area contributed by atoms with Gasteiger partial charge in [-0.1, -0.05) is 18.2 Å². The van der Waals surface area contributed by atoms with Crippen LogP contribution >= 0.6 is 0 Å². The molecule has 1 heterocycles. The van der Waals surface area contributed by atoms with Gasteiger partial charge in [0, 0.05) is 18.8 Å². The Kier molecular flexibility index (Phi) is 4.48. The minimum Gasteiger partial charge on any atom is -0.245 e. The highest BCUT2D eigenvalue weighted by Crippen LogP contribution is 2.31. The van der Waals surface area contributed by atoms with Crippen LogP contribution in [-0.2, 0) is 17.3 Å². The van der Waals surface area contributed by atoms with Gasteiger partial charge in [0.05, 0.1) is 23.0 Å². The molecule has 4 nitrogen and oxygen atoms in total. The number of benzene rings is 1. The monoisotopic (exact) mass is 304 g/mol. The molecule has 0 aliphatic heterocycles. The van der Waals surface area contributed by atoms with Crippen molar-refractivity contribution in [2.45, 2.75) is 44.9 Å². The summed E-state index contributed by atoms with van der Waals surface area (Å²) in [6, 6.07) is 10.7. The lowest BCUT2D eigenvalue weighted by Crippen LogP contribution is -2.19. The van der Waals surface area contributed by atoms with E-state index in [-0.39, 0.29) is 0 Å². The molecule has 0 spiro atoms. The summed E-state index contributed by atoms with van der Waals surface area (Å²) in [6.07, 6.45) is 5.74. The Bertz CT molecular complexity index is 733. The van der Waals surface area contributed by atoms with Gasteiger partial charge in [-0.3, -0.25) is 0 Å². The molecule has 1 aromatic carbocycles. The highest BCUT2D eigenvalue weighted by molar-refractivity contribution is 5.43. The van der Waals surface area contributed by atoms with Gasteiger partial charge in [0.25, 0.3) is 0 Å². The summed E-state index contributed by atoms with van der Waals surface area (Å²) in [5.74, 6) is 0. The molecule has 0 amide bonds. The maximum Gasteiger partial charge on any atom is 0.115 e. The van der Waals surface area contributed by atoms with Crippen molar-refractivity contribution in [1.82, 2.24) is 9.97 Å². The van der Waals surface area contributed by atoms with Crippen molar-refractivity contribution < 1.29 is 0 Å². The Labute approximate surface area is 137 Å². The van der Waals surface area contributed by atoms with Crippen LogP contribution in [0.15, 0.2) is 36.9 Å². The van der Waals surface area contributed by atoms with Gasteiger partial charge in [-0.25, -0.2) is 9.97 Å². The fourth-order valence-electron chi connectivity index (χ4n) is 2.30. The summed E-state index contributed by atoms with van der Waals surface area (Å²) in [5.41, 5.74) is 2.69. The average molecular weight is 304 g/mol. The SMILES string of the molecule is CC(C)(C#N)c1cc(Cc2cncnc2)cc(C(C)(C)C#N)c1. The van der Waals surface area contributed by atoms with Gasteiger partial charge >= 0.3 is 0 Å². The smallest absolute Gasteiger partial charge is 0.115 e. The van der Waals surface area contributed by atoms with Crippen molar-refractivity contribution >= 4 is 0 Å². The van der Waals surface area contributed by atoms with E-state index < -0.39 is 10.8 Å². The molecule has 0 N–H and O–H groups in total. The maximum absolute atomic E-state index is 9.44. The lowest BCUT2D eigenvalue weighted by molar-refractivity contribution is 0.659. The van der Waals surface area contributed by atoms with Crippen LogP contribution in [0.3, 0.4) is 0 Å². The van der Waals surface area contributed by atoms with Crippen molar-refractivity contribution in [1.29, 1.82) is 10.5 Å². The van der Waals surface area contributed by atoms with E-state index >= 15 is 0 Å². The van der Waals surface area contributed by atoms with E-state index in [1.165, 1.54) is 6.33 Å². The molecule has 0 atom stereocenters. The van der Waals surface area contributed by atoms with E-state index in [4.69, 9.17) is 0 Å². The quantitative estimate of drug-likeness (QED) is 0.863. The highest BCUT2D eigenvalue weighted by Gasteiger charge is 2.26. The third-order valence-corrected chi connectivity index (χ3v) is 4.02. The first-order valence-corrected chi connectivity index (χ1v) is 7.50. The summed E-state index contributed by atoms with van der Waals surface area (Å²) in [5, 5.41) is 18.9. The first-order chi connectivity index (χ1) is 10.8. The first-order valence-electron chi connectivity index (χ1n) is 7.50. The molecule has 0 saturated heterocycles. The van der Waals surface area contributed by atoms with Gasteiger partial charge in [-0.15, -0.1) is 0 Å². The molecule has 116 valence electrons. The standard InChI is InChI=1S/C19H20N4/c1-18(2,11-20)16-6-14(5-15-9-22-13-23-10-15)7-17(8-16)19(3,4)12-21/h6-10,13H,5H2,1-4H3. The minimum absolute atomic E-state index is 0.608. The van der Waals surface area contributed by atoms with Gasteiger partial charge < -0.3 is 0 Å². The van der Waals surface area contributed by atoms with Crippen molar-refractivity contribution in [3.63, 3.8) is 0 Å². The Morgan fingerprint density at radius 3 is 1.74 bits per heavy atom. The van der Waals surface area contributed by atoms with Crippen LogP contribution in [0.5, 0.6) is 0 Å². The predicted molar refractivity (Wildman–Crippen MR) is 88.6 cm³/mol. The Morgan fingerprint density at radius 2 is 1.30 bits per heavy atom. The number of hydrogen-bond acceptors (Lipinski definition) is 4. The Hall–Kier alpha value is -2.72. The third-order valence-electron chi connectivity index (χ3n) is 4.02.